The summed E-state index contributed by atoms with van der Waals surface area (Å²) in [5, 5.41) is 10.2. The molecule has 0 amide bonds. The summed E-state index contributed by atoms with van der Waals surface area (Å²) in [6.07, 6.45) is 2.25. The Balaban J connectivity index is 1.52. The van der Waals surface area contributed by atoms with Crippen molar-refractivity contribution in [2.45, 2.75) is 69.3 Å². The highest BCUT2D eigenvalue weighted by Crippen LogP contribution is 2.35. The van der Waals surface area contributed by atoms with Gasteiger partial charge in [0.2, 0.25) is 10.0 Å². The minimum atomic E-state index is -3.73. The van der Waals surface area contributed by atoms with Crippen molar-refractivity contribution >= 4 is 10.0 Å². The molecule has 2 atom stereocenters. The molecule has 7 heteroatoms. The molecule has 0 fully saturated rings. The predicted octanol–water partition coefficient (Wildman–Crippen LogP) is 5.61. The van der Waals surface area contributed by atoms with Crippen molar-refractivity contribution < 1.29 is 23.0 Å². The van der Waals surface area contributed by atoms with Gasteiger partial charge >= 0.3 is 0 Å². The molecule has 0 spiro atoms. The van der Waals surface area contributed by atoms with Crippen LogP contribution in [-0.2, 0) is 21.2 Å². The molecule has 0 radical (unpaired) electrons. The van der Waals surface area contributed by atoms with Gasteiger partial charge in [-0.2, -0.15) is 0 Å². The molecule has 2 unspecified atom stereocenters. The summed E-state index contributed by atoms with van der Waals surface area (Å²) in [5.41, 5.74) is 3.41. The Morgan fingerprint density at radius 2 is 1.64 bits per heavy atom. The first kappa shape index (κ1) is 26.4. The van der Waals surface area contributed by atoms with Crippen LogP contribution in [0.1, 0.15) is 57.2 Å². The largest absolute Gasteiger partial charge is 0.488 e. The third-order valence-electron chi connectivity index (χ3n) is 6.15. The number of hydrogen-bond acceptors (Lipinski definition) is 5. The Morgan fingerprint density at radius 3 is 2.33 bits per heavy atom. The maximum atomic E-state index is 13.3. The quantitative estimate of drug-likeness (QED) is 0.304. The second-order valence-corrected chi connectivity index (χ2v) is 11.8. The monoisotopic (exact) mass is 509 g/mol. The fraction of sp³-hybridized carbons (Fsp3) is 0.379. The first-order chi connectivity index (χ1) is 17.1. The van der Waals surface area contributed by atoms with Crippen LogP contribution in [0.3, 0.4) is 0 Å². The van der Waals surface area contributed by atoms with E-state index in [2.05, 4.69) is 4.72 Å². The third-order valence-corrected chi connectivity index (χ3v) is 7.64. The van der Waals surface area contributed by atoms with Crippen molar-refractivity contribution in [1.29, 1.82) is 0 Å². The van der Waals surface area contributed by atoms with Gasteiger partial charge in [-0.05, 0) is 80.5 Å². The van der Waals surface area contributed by atoms with E-state index in [0.29, 0.717) is 12.2 Å². The molecule has 3 aromatic carbocycles. The highest BCUT2D eigenvalue weighted by atomic mass is 32.2. The number of sulfonamides is 1. The Bertz CT molecular complexity index is 1250. The number of nitrogens with one attached hydrogen (secondary N) is 1. The molecular formula is C29H35NO5S. The number of aliphatic hydroxyl groups excluding tert-OH is 1. The van der Waals surface area contributed by atoms with Gasteiger partial charge in [0.25, 0.3) is 0 Å². The van der Waals surface area contributed by atoms with E-state index in [4.69, 9.17) is 9.47 Å². The van der Waals surface area contributed by atoms with Gasteiger partial charge < -0.3 is 14.6 Å². The number of rotatable bonds is 8. The average Bonchev–Trinajstić information content (AvgIpc) is 3.04. The predicted molar refractivity (Wildman–Crippen MR) is 141 cm³/mol. The molecule has 4 rings (SSSR count). The van der Waals surface area contributed by atoms with E-state index in [9.17, 15) is 13.5 Å². The lowest BCUT2D eigenvalue weighted by atomic mass is 9.99. The number of hydrogen-bond donors (Lipinski definition) is 2. The molecule has 0 aromatic heterocycles. The zero-order valence-corrected chi connectivity index (χ0v) is 21.9. The smallest absolute Gasteiger partial charge is 0.241 e. The molecule has 1 aliphatic carbocycles. The molecule has 2 N–H and O–H groups in total. The zero-order valence-electron chi connectivity index (χ0n) is 21.1. The van der Waals surface area contributed by atoms with Gasteiger partial charge in [-0.3, -0.25) is 0 Å². The minimum Gasteiger partial charge on any atom is -0.488 e. The van der Waals surface area contributed by atoms with Crippen LogP contribution in [0.2, 0.25) is 0 Å². The van der Waals surface area contributed by atoms with Gasteiger partial charge in [0, 0.05) is 6.04 Å². The van der Waals surface area contributed by atoms with E-state index in [0.717, 1.165) is 41.5 Å². The summed E-state index contributed by atoms with van der Waals surface area (Å²) in [6.45, 7) is 5.61. The van der Waals surface area contributed by atoms with Gasteiger partial charge in [-0.15, -0.1) is 0 Å². The van der Waals surface area contributed by atoms with Gasteiger partial charge in [-0.25, -0.2) is 13.1 Å². The molecule has 0 bridgehead atoms. The minimum absolute atomic E-state index is 0.00210. The molecule has 1 aliphatic rings. The molecule has 0 aliphatic heterocycles. The van der Waals surface area contributed by atoms with E-state index in [-0.39, 0.29) is 17.5 Å². The van der Waals surface area contributed by atoms with Crippen molar-refractivity contribution in [3.05, 3.63) is 83.9 Å². The van der Waals surface area contributed by atoms with Crippen molar-refractivity contribution in [2.24, 2.45) is 0 Å². The second kappa shape index (κ2) is 11.1. The Kier molecular flexibility index (Phi) is 8.15. The SMILES string of the molecule is CC(C)(C)OC(O)COc1cccc2c1CCCCC2NS(=O)(=O)c1ccc(-c2ccccc2)cc1. The Morgan fingerprint density at radius 1 is 0.944 bits per heavy atom. The molecule has 0 saturated heterocycles. The Hall–Kier alpha value is -2.71. The zero-order chi connectivity index (χ0) is 25.8. The number of ether oxygens (including phenoxy) is 2. The molecule has 6 nitrogen and oxygen atoms in total. The maximum Gasteiger partial charge on any atom is 0.241 e. The highest BCUT2D eigenvalue weighted by molar-refractivity contribution is 7.89. The molecule has 0 heterocycles. The Labute approximate surface area is 214 Å². The van der Waals surface area contributed by atoms with Crippen molar-refractivity contribution in [2.75, 3.05) is 6.61 Å². The first-order valence-electron chi connectivity index (χ1n) is 12.4. The van der Waals surface area contributed by atoms with Crippen LogP contribution in [0.25, 0.3) is 11.1 Å². The lowest BCUT2D eigenvalue weighted by Gasteiger charge is -2.25. The van der Waals surface area contributed by atoms with Crippen LogP contribution >= 0.6 is 0 Å². The molecule has 3 aromatic rings. The van der Waals surface area contributed by atoms with Gasteiger partial charge in [0.1, 0.15) is 12.4 Å². The molecule has 36 heavy (non-hydrogen) atoms. The van der Waals surface area contributed by atoms with Crippen LogP contribution in [0.4, 0.5) is 0 Å². The van der Waals surface area contributed by atoms with Crippen LogP contribution in [0.5, 0.6) is 5.75 Å². The van der Waals surface area contributed by atoms with Crippen LogP contribution in [0, 0.1) is 0 Å². The number of aliphatic hydroxyl groups is 1. The number of fused-ring (bicyclic) bond motifs is 1. The van der Waals surface area contributed by atoms with Gasteiger partial charge in [0.15, 0.2) is 6.29 Å². The number of benzene rings is 3. The van der Waals surface area contributed by atoms with Gasteiger partial charge in [-0.1, -0.05) is 61.0 Å². The standard InChI is InChI=1S/C29H35NO5S/c1-29(2,3)35-28(31)20-34-27-15-9-13-24-25(27)12-7-8-14-26(24)30-36(32,33)23-18-16-22(17-19-23)21-10-5-4-6-11-21/h4-6,9-11,13,15-19,26,28,30-31H,7-8,12,14,20H2,1-3H3. The van der Waals surface area contributed by atoms with Crippen LogP contribution < -0.4 is 9.46 Å². The first-order valence-corrected chi connectivity index (χ1v) is 13.9. The maximum absolute atomic E-state index is 13.3. The van der Waals surface area contributed by atoms with E-state index in [1.54, 1.807) is 12.1 Å². The van der Waals surface area contributed by atoms with Crippen molar-refractivity contribution in [3.8, 4) is 16.9 Å². The van der Waals surface area contributed by atoms with Crippen LogP contribution in [-0.4, -0.2) is 32.0 Å². The van der Waals surface area contributed by atoms with E-state index < -0.39 is 21.9 Å². The highest BCUT2D eigenvalue weighted by Gasteiger charge is 2.27. The van der Waals surface area contributed by atoms with Crippen LogP contribution in [0.15, 0.2) is 77.7 Å². The third kappa shape index (κ3) is 6.73. The molecule has 0 saturated carbocycles. The van der Waals surface area contributed by atoms with E-state index in [1.807, 2.05) is 81.4 Å². The summed E-state index contributed by atoms with van der Waals surface area (Å²) in [6, 6.07) is 22.2. The summed E-state index contributed by atoms with van der Waals surface area (Å²) in [5.74, 6) is 0.655. The fourth-order valence-corrected chi connectivity index (χ4v) is 5.81. The van der Waals surface area contributed by atoms with E-state index >= 15 is 0 Å². The molecule has 192 valence electrons. The summed E-state index contributed by atoms with van der Waals surface area (Å²) < 4.78 is 41.0. The van der Waals surface area contributed by atoms with E-state index in [1.165, 1.54) is 0 Å². The topological polar surface area (TPSA) is 84.9 Å². The summed E-state index contributed by atoms with van der Waals surface area (Å²) in [4.78, 5) is 0.239. The van der Waals surface area contributed by atoms with Gasteiger partial charge in [0.05, 0.1) is 10.5 Å². The summed E-state index contributed by atoms with van der Waals surface area (Å²) >= 11 is 0. The second-order valence-electron chi connectivity index (χ2n) is 10.1. The van der Waals surface area contributed by atoms with Crippen molar-refractivity contribution in [1.82, 2.24) is 4.72 Å². The average molecular weight is 510 g/mol. The van der Waals surface area contributed by atoms with Crippen molar-refractivity contribution in [3.63, 3.8) is 0 Å². The lowest BCUT2D eigenvalue weighted by molar-refractivity contribution is -0.178. The summed E-state index contributed by atoms with van der Waals surface area (Å²) in [7, 11) is -3.73. The fourth-order valence-electron chi connectivity index (χ4n) is 4.56. The normalized spacial score (nSPS) is 17.2. The lowest BCUT2D eigenvalue weighted by Crippen LogP contribution is -2.31. The molecular weight excluding hydrogens is 474 g/mol.